The molecule has 0 aliphatic heterocycles. The van der Waals surface area contributed by atoms with Gasteiger partial charge in [0.25, 0.3) is 0 Å². The smallest absolute Gasteiger partial charge is 0.00131 e. The summed E-state index contributed by atoms with van der Waals surface area (Å²) in [6.45, 7) is 8.71. The van der Waals surface area contributed by atoms with E-state index in [1.54, 1.807) is 0 Å². The van der Waals surface area contributed by atoms with E-state index in [2.05, 4.69) is 38.7 Å². The highest BCUT2D eigenvalue weighted by Crippen LogP contribution is 2.54. The van der Waals surface area contributed by atoms with Gasteiger partial charge in [-0.15, -0.1) is 0 Å². The molecular weight excluding hydrogens is 156 g/mol. The zero-order chi connectivity index (χ0) is 9.47. The van der Waals surface area contributed by atoms with Crippen LogP contribution < -0.4 is 0 Å². The molecule has 0 heterocycles. The van der Waals surface area contributed by atoms with Crippen LogP contribution in [-0.2, 0) is 0 Å². The molecule has 1 fully saturated rings. The molecule has 0 aromatic heterocycles. The molecule has 0 aromatic carbocycles. The van der Waals surface area contributed by atoms with Crippen molar-refractivity contribution in [3.63, 3.8) is 0 Å². The fourth-order valence-corrected chi connectivity index (χ4v) is 2.67. The van der Waals surface area contributed by atoms with Crippen molar-refractivity contribution in [2.45, 2.75) is 33.1 Å². The van der Waals surface area contributed by atoms with Crippen LogP contribution >= 0.6 is 0 Å². The summed E-state index contributed by atoms with van der Waals surface area (Å²) in [5, 5.41) is 0. The second-order valence-electron chi connectivity index (χ2n) is 4.80. The van der Waals surface area contributed by atoms with Crippen molar-refractivity contribution < 1.29 is 0 Å². The molecule has 1 spiro atoms. The topological polar surface area (TPSA) is 0 Å². The molecule has 70 valence electrons. The van der Waals surface area contributed by atoms with E-state index in [1.807, 2.05) is 0 Å². The minimum atomic E-state index is 0.438. The molecule has 0 amide bonds. The third-order valence-electron chi connectivity index (χ3n) is 3.52. The van der Waals surface area contributed by atoms with Gasteiger partial charge in [-0.05, 0) is 43.1 Å². The molecule has 13 heavy (non-hydrogen) atoms. The average molecular weight is 174 g/mol. The second-order valence-corrected chi connectivity index (χ2v) is 4.80. The van der Waals surface area contributed by atoms with Crippen molar-refractivity contribution in [1.82, 2.24) is 0 Å². The highest BCUT2D eigenvalue weighted by Gasteiger charge is 2.42. The van der Waals surface area contributed by atoms with Gasteiger partial charge in [0, 0.05) is 0 Å². The zero-order valence-electron chi connectivity index (χ0n) is 8.64. The monoisotopic (exact) mass is 174 g/mol. The maximum Gasteiger partial charge on any atom is -0.00131 e. The number of hydrogen-bond acceptors (Lipinski definition) is 0. The fourth-order valence-electron chi connectivity index (χ4n) is 2.67. The zero-order valence-corrected chi connectivity index (χ0v) is 8.64. The number of allylic oxidation sites excluding steroid dienone is 5. The summed E-state index contributed by atoms with van der Waals surface area (Å²) in [6.07, 6.45) is 10.6. The van der Waals surface area contributed by atoms with Crippen LogP contribution in [0, 0.1) is 11.3 Å². The van der Waals surface area contributed by atoms with Crippen LogP contribution in [0.25, 0.3) is 0 Å². The Morgan fingerprint density at radius 3 is 2.69 bits per heavy atom. The Kier molecular flexibility index (Phi) is 1.94. The van der Waals surface area contributed by atoms with Crippen LogP contribution in [0.1, 0.15) is 33.1 Å². The van der Waals surface area contributed by atoms with Crippen LogP contribution in [0.4, 0.5) is 0 Å². The van der Waals surface area contributed by atoms with E-state index in [-0.39, 0.29) is 0 Å². The maximum atomic E-state index is 4.20. The molecule has 0 atom stereocenters. The van der Waals surface area contributed by atoms with Gasteiger partial charge in [0.05, 0.1) is 0 Å². The predicted molar refractivity (Wildman–Crippen MR) is 57.5 cm³/mol. The van der Waals surface area contributed by atoms with Gasteiger partial charge < -0.3 is 0 Å². The first-order chi connectivity index (χ1) is 6.12. The maximum absolute atomic E-state index is 4.20. The van der Waals surface area contributed by atoms with Gasteiger partial charge in [-0.2, -0.15) is 0 Å². The molecule has 0 heteroatoms. The lowest BCUT2D eigenvalue weighted by molar-refractivity contribution is 0.117. The summed E-state index contributed by atoms with van der Waals surface area (Å²) in [6, 6.07) is 0. The van der Waals surface area contributed by atoms with Crippen molar-refractivity contribution in [3.8, 4) is 0 Å². The Balaban J connectivity index is 2.22. The summed E-state index contributed by atoms with van der Waals surface area (Å²) >= 11 is 0. The molecular formula is C13H18. The summed E-state index contributed by atoms with van der Waals surface area (Å²) < 4.78 is 0. The third kappa shape index (κ3) is 1.39. The molecule has 0 saturated heterocycles. The predicted octanol–water partition coefficient (Wildman–Crippen LogP) is 3.87. The minimum absolute atomic E-state index is 0.438. The van der Waals surface area contributed by atoms with Crippen molar-refractivity contribution in [2.75, 3.05) is 0 Å². The minimum Gasteiger partial charge on any atom is -0.0953 e. The van der Waals surface area contributed by atoms with Crippen molar-refractivity contribution in [3.05, 3.63) is 36.0 Å². The quantitative estimate of drug-likeness (QED) is 0.523. The van der Waals surface area contributed by atoms with Gasteiger partial charge in [0.1, 0.15) is 0 Å². The van der Waals surface area contributed by atoms with E-state index >= 15 is 0 Å². The number of hydrogen-bond donors (Lipinski definition) is 0. The molecule has 1 saturated carbocycles. The summed E-state index contributed by atoms with van der Waals surface area (Å²) in [5.41, 5.74) is 3.17. The largest absolute Gasteiger partial charge is 0.0953 e. The van der Waals surface area contributed by atoms with E-state index < -0.39 is 0 Å². The first-order valence-corrected chi connectivity index (χ1v) is 5.17. The molecule has 0 bridgehead atoms. The molecule has 0 unspecified atom stereocenters. The first-order valence-electron chi connectivity index (χ1n) is 5.17. The van der Waals surface area contributed by atoms with E-state index in [0.717, 1.165) is 5.92 Å². The molecule has 2 aliphatic rings. The molecule has 0 radical (unpaired) electrons. The highest BCUT2D eigenvalue weighted by atomic mass is 14.5. The normalized spacial score (nSPS) is 38.5. The summed E-state index contributed by atoms with van der Waals surface area (Å²) in [4.78, 5) is 0. The van der Waals surface area contributed by atoms with Crippen molar-refractivity contribution in [1.29, 1.82) is 0 Å². The van der Waals surface area contributed by atoms with E-state index in [0.29, 0.717) is 5.41 Å². The van der Waals surface area contributed by atoms with Crippen LogP contribution in [-0.4, -0.2) is 0 Å². The van der Waals surface area contributed by atoms with E-state index in [4.69, 9.17) is 0 Å². The molecule has 0 aromatic rings. The Hall–Kier alpha value is -0.780. The Morgan fingerprint density at radius 1 is 1.38 bits per heavy atom. The van der Waals surface area contributed by atoms with Gasteiger partial charge in [0.2, 0.25) is 0 Å². The fraction of sp³-hybridized carbons (Fsp3) is 0.538. The molecule has 0 nitrogen and oxygen atoms in total. The van der Waals surface area contributed by atoms with E-state index in [9.17, 15) is 0 Å². The summed E-state index contributed by atoms with van der Waals surface area (Å²) in [7, 11) is 0. The Labute approximate surface area is 81.0 Å². The lowest BCUT2D eigenvalue weighted by Crippen LogP contribution is -2.36. The lowest BCUT2D eigenvalue weighted by atomic mass is 9.58. The molecule has 0 N–H and O–H groups in total. The van der Waals surface area contributed by atoms with Gasteiger partial charge in [0.15, 0.2) is 0 Å². The third-order valence-corrected chi connectivity index (χ3v) is 3.52. The SMILES string of the molecule is C=C1C=CC(C)=CCC12CC(C)C2. The highest BCUT2D eigenvalue weighted by molar-refractivity contribution is 5.36. The van der Waals surface area contributed by atoms with Crippen LogP contribution in [0.2, 0.25) is 0 Å². The van der Waals surface area contributed by atoms with Crippen LogP contribution in [0.5, 0.6) is 0 Å². The van der Waals surface area contributed by atoms with Crippen molar-refractivity contribution in [2.24, 2.45) is 11.3 Å². The van der Waals surface area contributed by atoms with Gasteiger partial charge >= 0.3 is 0 Å². The van der Waals surface area contributed by atoms with Crippen LogP contribution in [0.15, 0.2) is 36.0 Å². The first kappa shape index (κ1) is 8.80. The van der Waals surface area contributed by atoms with Gasteiger partial charge in [-0.3, -0.25) is 0 Å². The van der Waals surface area contributed by atoms with Crippen LogP contribution in [0.3, 0.4) is 0 Å². The van der Waals surface area contributed by atoms with Gasteiger partial charge in [-0.25, -0.2) is 0 Å². The standard InChI is InChI=1S/C13H18/c1-10-4-5-12(3)13(7-6-10)8-11(2)9-13/h4-6,11H,3,7-9H2,1-2H3. The average Bonchev–Trinajstić information content (AvgIpc) is 2.17. The summed E-state index contributed by atoms with van der Waals surface area (Å²) in [5.74, 6) is 0.900. The number of rotatable bonds is 0. The van der Waals surface area contributed by atoms with Crippen molar-refractivity contribution >= 4 is 0 Å². The van der Waals surface area contributed by atoms with E-state index in [1.165, 1.54) is 30.4 Å². The molecule has 2 aliphatic carbocycles. The Morgan fingerprint density at radius 2 is 2.08 bits per heavy atom. The van der Waals surface area contributed by atoms with Gasteiger partial charge in [-0.1, -0.05) is 37.3 Å². The molecule has 2 rings (SSSR count). The lowest BCUT2D eigenvalue weighted by Gasteiger charge is -2.47. The Bertz CT molecular complexity index is 285. The second kappa shape index (κ2) is 2.87.